The zero-order valence-electron chi connectivity index (χ0n) is 17.6. The van der Waals surface area contributed by atoms with Crippen LogP contribution in [0, 0.1) is 11.8 Å². The predicted octanol–water partition coefficient (Wildman–Crippen LogP) is 4.56. The third kappa shape index (κ3) is 6.18. The maximum atomic E-state index is 12.9. The molecule has 154 valence electrons. The molecule has 1 N–H and O–H groups in total. The second kappa shape index (κ2) is 10.2. The maximum absolute atomic E-state index is 12.9. The van der Waals surface area contributed by atoms with Crippen LogP contribution in [0.15, 0.2) is 54.6 Å². The zero-order valence-corrected chi connectivity index (χ0v) is 17.6. The molecule has 0 aliphatic carbocycles. The molecule has 0 aromatic heterocycles. The lowest BCUT2D eigenvalue weighted by Crippen LogP contribution is -2.39. The number of hydrogen-bond donors (Lipinski definition) is 1. The molecular weight excluding hydrogens is 360 g/mol. The van der Waals surface area contributed by atoms with E-state index in [0.29, 0.717) is 29.5 Å². The van der Waals surface area contributed by atoms with Crippen molar-refractivity contribution in [2.75, 3.05) is 19.6 Å². The van der Waals surface area contributed by atoms with Crippen LogP contribution in [0.3, 0.4) is 0 Å². The molecule has 0 atom stereocenters. The summed E-state index contributed by atoms with van der Waals surface area (Å²) in [5.41, 5.74) is 2.52. The molecule has 2 aromatic carbocycles. The van der Waals surface area contributed by atoms with E-state index in [9.17, 15) is 9.59 Å². The highest BCUT2D eigenvalue weighted by Gasteiger charge is 2.24. The van der Waals surface area contributed by atoms with Gasteiger partial charge in [0.15, 0.2) is 0 Å². The lowest BCUT2D eigenvalue weighted by Gasteiger charge is -2.32. The first-order valence-electron chi connectivity index (χ1n) is 10.7. The predicted molar refractivity (Wildman–Crippen MR) is 117 cm³/mol. The first-order chi connectivity index (χ1) is 14.0. The van der Waals surface area contributed by atoms with Gasteiger partial charge in [0.2, 0.25) is 0 Å². The van der Waals surface area contributed by atoms with Gasteiger partial charge in [0.05, 0.1) is 0 Å². The number of hydrogen-bond acceptors (Lipinski definition) is 2. The highest BCUT2D eigenvalue weighted by molar-refractivity contribution is 5.99. The molecule has 0 spiro atoms. The Hall–Kier alpha value is -2.62. The lowest BCUT2D eigenvalue weighted by molar-refractivity contribution is 0.0690. The van der Waals surface area contributed by atoms with Gasteiger partial charge in [-0.05, 0) is 61.3 Å². The van der Waals surface area contributed by atoms with Crippen LogP contribution in [-0.2, 0) is 6.42 Å². The molecule has 1 saturated heterocycles. The number of amides is 2. The van der Waals surface area contributed by atoms with Crippen LogP contribution in [0.25, 0.3) is 0 Å². The van der Waals surface area contributed by atoms with Crippen molar-refractivity contribution in [2.24, 2.45) is 11.8 Å². The smallest absolute Gasteiger partial charge is 0.253 e. The molecular formula is C25H32N2O2. The van der Waals surface area contributed by atoms with Crippen LogP contribution in [0.2, 0.25) is 0 Å². The number of piperidine rings is 1. The van der Waals surface area contributed by atoms with Crippen LogP contribution >= 0.6 is 0 Å². The second-order valence-electron chi connectivity index (χ2n) is 8.44. The minimum absolute atomic E-state index is 0.0278. The summed E-state index contributed by atoms with van der Waals surface area (Å²) >= 11 is 0. The Morgan fingerprint density at radius 2 is 1.69 bits per heavy atom. The van der Waals surface area contributed by atoms with E-state index in [0.717, 1.165) is 38.8 Å². The van der Waals surface area contributed by atoms with E-state index in [1.807, 2.05) is 17.0 Å². The fourth-order valence-corrected chi connectivity index (χ4v) is 3.84. The van der Waals surface area contributed by atoms with Gasteiger partial charge in [0.25, 0.3) is 11.8 Å². The van der Waals surface area contributed by atoms with Crippen molar-refractivity contribution in [1.29, 1.82) is 0 Å². The third-order valence-corrected chi connectivity index (χ3v) is 5.65. The van der Waals surface area contributed by atoms with Gasteiger partial charge in [-0.1, -0.05) is 50.2 Å². The van der Waals surface area contributed by atoms with Gasteiger partial charge in [-0.3, -0.25) is 9.59 Å². The van der Waals surface area contributed by atoms with Crippen molar-refractivity contribution < 1.29 is 9.59 Å². The molecule has 2 amide bonds. The Labute approximate surface area is 174 Å². The average Bonchev–Trinajstić information content (AvgIpc) is 2.74. The van der Waals surface area contributed by atoms with Gasteiger partial charge in [0, 0.05) is 30.8 Å². The van der Waals surface area contributed by atoms with Crippen molar-refractivity contribution in [3.8, 4) is 0 Å². The van der Waals surface area contributed by atoms with Crippen LogP contribution in [-0.4, -0.2) is 36.3 Å². The van der Waals surface area contributed by atoms with Gasteiger partial charge < -0.3 is 10.2 Å². The van der Waals surface area contributed by atoms with Gasteiger partial charge >= 0.3 is 0 Å². The Morgan fingerprint density at radius 1 is 1.00 bits per heavy atom. The Kier molecular flexibility index (Phi) is 7.45. The normalized spacial score (nSPS) is 14.8. The molecule has 0 bridgehead atoms. The number of carbonyl (C=O) groups is 2. The molecule has 1 fully saturated rings. The molecule has 0 unspecified atom stereocenters. The average molecular weight is 393 g/mol. The summed E-state index contributed by atoms with van der Waals surface area (Å²) in [5.74, 6) is 1.09. The summed E-state index contributed by atoms with van der Waals surface area (Å²) in [6, 6.07) is 17.7. The number of likely N-dealkylation sites (tertiary alicyclic amines) is 1. The molecule has 1 aliphatic heterocycles. The molecule has 29 heavy (non-hydrogen) atoms. The van der Waals surface area contributed by atoms with E-state index in [4.69, 9.17) is 0 Å². The minimum Gasteiger partial charge on any atom is -0.352 e. The summed E-state index contributed by atoms with van der Waals surface area (Å²) in [4.78, 5) is 27.2. The molecule has 0 saturated carbocycles. The second-order valence-corrected chi connectivity index (χ2v) is 8.44. The van der Waals surface area contributed by atoms with Crippen LogP contribution < -0.4 is 5.32 Å². The van der Waals surface area contributed by atoms with E-state index in [2.05, 4.69) is 43.4 Å². The third-order valence-electron chi connectivity index (χ3n) is 5.65. The van der Waals surface area contributed by atoms with Crippen molar-refractivity contribution in [3.05, 3.63) is 71.3 Å². The quantitative estimate of drug-likeness (QED) is 0.751. The summed E-state index contributed by atoms with van der Waals surface area (Å²) in [6.45, 7) is 6.48. The monoisotopic (exact) mass is 392 g/mol. The van der Waals surface area contributed by atoms with Crippen molar-refractivity contribution >= 4 is 11.8 Å². The standard InChI is InChI=1S/C25H32N2O2/c1-19(2)11-14-26-24(28)22-9-6-10-23(18-22)25(29)27-15-12-21(13-16-27)17-20-7-4-3-5-8-20/h3-10,18-19,21H,11-17H2,1-2H3,(H,26,28). The SMILES string of the molecule is CC(C)CCNC(=O)c1cccc(C(=O)N2CCC(Cc3ccccc3)CC2)c1. The zero-order chi connectivity index (χ0) is 20.6. The van der Waals surface area contributed by atoms with Gasteiger partial charge in [-0.2, -0.15) is 0 Å². The molecule has 4 heteroatoms. The number of benzene rings is 2. The van der Waals surface area contributed by atoms with Crippen molar-refractivity contribution in [3.63, 3.8) is 0 Å². The largest absolute Gasteiger partial charge is 0.352 e. The minimum atomic E-state index is -0.109. The number of carbonyl (C=O) groups excluding carboxylic acids is 2. The maximum Gasteiger partial charge on any atom is 0.253 e. The van der Waals surface area contributed by atoms with E-state index in [-0.39, 0.29) is 11.8 Å². The van der Waals surface area contributed by atoms with E-state index in [1.54, 1.807) is 18.2 Å². The number of rotatable bonds is 7. The molecule has 3 rings (SSSR count). The van der Waals surface area contributed by atoms with E-state index < -0.39 is 0 Å². The van der Waals surface area contributed by atoms with Crippen molar-refractivity contribution in [2.45, 2.75) is 39.5 Å². The van der Waals surface area contributed by atoms with Crippen molar-refractivity contribution in [1.82, 2.24) is 10.2 Å². The Morgan fingerprint density at radius 3 is 2.38 bits per heavy atom. The highest BCUT2D eigenvalue weighted by Crippen LogP contribution is 2.23. The van der Waals surface area contributed by atoms with Crippen LogP contribution in [0.1, 0.15) is 59.4 Å². The Bertz CT molecular complexity index is 809. The first kappa shape index (κ1) is 21.1. The summed E-state index contributed by atoms with van der Waals surface area (Å²) in [6.07, 6.45) is 4.07. The summed E-state index contributed by atoms with van der Waals surface area (Å²) in [5, 5.41) is 2.94. The molecule has 1 heterocycles. The van der Waals surface area contributed by atoms with Crippen LogP contribution in [0.5, 0.6) is 0 Å². The van der Waals surface area contributed by atoms with Crippen LogP contribution in [0.4, 0.5) is 0 Å². The van der Waals surface area contributed by atoms with Gasteiger partial charge in [-0.15, -0.1) is 0 Å². The first-order valence-corrected chi connectivity index (χ1v) is 10.7. The topological polar surface area (TPSA) is 49.4 Å². The van der Waals surface area contributed by atoms with E-state index in [1.165, 1.54) is 5.56 Å². The number of nitrogens with zero attached hydrogens (tertiary/aromatic N) is 1. The van der Waals surface area contributed by atoms with E-state index >= 15 is 0 Å². The molecule has 1 aliphatic rings. The van der Waals surface area contributed by atoms with Gasteiger partial charge in [-0.25, -0.2) is 0 Å². The lowest BCUT2D eigenvalue weighted by atomic mass is 9.90. The Balaban J connectivity index is 1.53. The summed E-state index contributed by atoms with van der Waals surface area (Å²) < 4.78 is 0. The fourth-order valence-electron chi connectivity index (χ4n) is 3.84. The number of nitrogens with one attached hydrogen (secondary N) is 1. The van der Waals surface area contributed by atoms with Gasteiger partial charge in [0.1, 0.15) is 0 Å². The fraction of sp³-hybridized carbons (Fsp3) is 0.440. The molecule has 2 aromatic rings. The summed E-state index contributed by atoms with van der Waals surface area (Å²) in [7, 11) is 0. The molecule has 0 radical (unpaired) electrons. The molecule has 4 nitrogen and oxygen atoms in total. The highest BCUT2D eigenvalue weighted by atomic mass is 16.2.